The monoisotopic (exact) mass is 906 g/mol. The molecule has 18 nitrogen and oxygen atoms in total. The molecular formula is C42H55ClN4O14S. The van der Waals surface area contributed by atoms with Gasteiger partial charge < -0.3 is 43.4 Å². The Labute approximate surface area is 369 Å². The lowest BCUT2D eigenvalue weighted by molar-refractivity contribution is -0.197. The fourth-order valence-corrected chi connectivity index (χ4v) is 8.76. The number of anilines is 1. The second-order valence-corrected chi connectivity index (χ2v) is 17.7. The summed E-state index contributed by atoms with van der Waals surface area (Å²) < 4.78 is 29.2. The van der Waals surface area contributed by atoms with Crippen molar-refractivity contribution in [2.75, 3.05) is 44.7 Å². The van der Waals surface area contributed by atoms with Crippen molar-refractivity contribution < 1.29 is 67.2 Å². The van der Waals surface area contributed by atoms with E-state index < -0.39 is 89.4 Å². The van der Waals surface area contributed by atoms with Crippen LogP contribution in [-0.2, 0) is 59.0 Å². The molecule has 4 aliphatic rings. The van der Waals surface area contributed by atoms with Gasteiger partial charge in [-0.15, -0.1) is 5.06 Å². The van der Waals surface area contributed by atoms with E-state index in [1.165, 1.54) is 49.8 Å². The van der Waals surface area contributed by atoms with Crippen LogP contribution < -0.4 is 15.0 Å². The van der Waals surface area contributed by atoms with Crippen molar-refractivity contribution >= 4 is 70.7 Å². The summed E-state index contributed by atoms with van der Waals surface area (Å²) in [6, 6.07) is 2.42. The first-order valence-electron chi connectivity index (χ1n) is 20.2. The number of nitrogens with one attached hydrogen (secondary N) is 1. The summed E-state index contributed by atoms with van der Waals surface area (Å²) in [4.78, 5) is 97.2. The fourth-order valence-electron chi connectivity index (χ4n) is 7.62. The third-order valence-electron chi connectivity index (χ3n) is 11.6. The highest BCUT2D eigenvalue weighted by atomic mass is 35.5. The Hall–Kier alpha value is -4.69. The second kappa shape index (κ2) is 20.2. The van der Waals surface area contributed by atoms with Crippen LogP contribution >= 0.6 is 23.4 Å². The number of aliphatic hydroxyl groups is 1. The number of likely N-dealkylation sites (N-methyl/N-ethyl adjacent to an activating group) is 1. The average Bonchev–Trinajstić information content (AvgIpc) is 3.83. The van der Waals surface area contributed by atoms with Gasteiger partial charge >= 0.3 is 18.0 Å². The van der Waals surface area contributed by atoms with Gasteiger partial charge in [0.1, 0.15) is 40.7 Å². The number of halogens is 1. The van der Waals surface area contributed by atoms with Gasteiger partial charge in [-0.1, -0.05) is 42.3 Å². The molecule has 0 radical (unpaired) electrons. The molecule has 8 atom stereocenters. The van der Waals surface area contributed by atoms with E-state index >= 15 is 0 Å². The number of hydroxylamine groups is 2. The Morgan fingerprint density at radius 2 is 1.77 bits per heavy atom. The number of rotatable bonds is 12. The minimum atomic E-state index is -1.87. The van der Waals surface area contributed by atoms with Gasteiger partial charge in [-0.2, -0.15) is 11.8 Å². The van der Waals surface area contributed by atoms with Crippen LogP contribution in [0.15, 0.2) is 35.9 Å². The predicted molar refractivity (Wildman–Crippen MR) is 225 cm³/mol. The second-order valence-electron chi connectivity index (χ2n) is 16.1. The first-order chi connectivity index (χ1) is 29.2. The number of methoxy groups -OCH3 is 2. The smallest absolute Gasteiger partial charge is 0.409 e. The number of thioether (sulfide) groups is 1. The van der Waals surface area contributed by atoms with Gasteiger partial charge in [-0.25, -0.2) is 14.4 Å². The third-order valence-corrected chi connectivity index (χ3v) is 13.0. The van der Waals surface area contributed by atoms with Crippen LogP contribution in [0.25, 0.3) is 0 Å². The lowest BCUT2D eigenvalue weighted by atomic mass is 9.83. The molecule has 5 amide bonds. The average molecular weight is 907 g/mol. The van der Waals surface area contributed by atoms with Crippen LogP contribution in [0.2, 0.25) is 5.02 Å². The summed E-state index contributed by atoms with van der Waals surface area (Å²) >= 11 is 8.04. The molecule has 0 aromatic heterocycles. The molecule has 0 saturated carbocycles. The van der Waals surface area contributed by atoms with Crippen LogP contribution in [-0.4, -0.2) is 138 Å². The highest BCUT2D eigenvalue weighted by molar-refractivity contribution is 7.99. The summed E-state index contributed by atoms with van der Waals surface area (Å²) in [5, 5.41) is 14.9. The number of carbonyl (C=O) groups excluding carboxylic acids is 7. The van der Waals surface area contributed by atoms with Crippen molar-refractivity contribution in [1.82, 2.24) is 15.3 Å². The number of carbonyl (C=O) groups is 7. The lowest BCUT2D eigenvalue weighted by Gasteiger charge is -2.42. The number of ether oxygens (including phenoxy) is 5. The van der Waals surface area contributed by atoms with E-state index in [1.807, 2.05) is 13.0 Å². The minimum absolute atomic E-state index is 0.00366. The molecule has 20 heteroatoms. The number of esters is 1. The third kappa shape index (κ3) is 11.1. The van der Waals surface area contributed by atoms with Crippen molar-refractivity contribution in [3.05, 3.63) is 46.5 Å². The van der Waals surface area contributed by atoms with Gasteiger partial charge in [-0.05, 0) is 44.9 Å². The number of benzene rings is 1. The normalized spacial score (nSPS) is 29.6. The van der Waals surface area contributed by atoms with E-state index in [-0.39, 0.29) is 55.1 Å². The van der Waals surface area contributed by atoms with Gasteiger partial charge in [0, 0.05) is 64.3 Å². The topological polar surface area (TPSA) is 220 Å². The zero-order valence-corrected chi connectivity index (χ0v) is 37.7. The number of epoxide rings is 1. The Balaban J connectivity index is 1.33. The summed E-state index contributed by atoms with van der Waals surface area (Å²) in [6.07, 6.45) is 0.343. The SMILES string of the molecule is COc1cc2cc(c1Cl)N(C)C(=O)C[C@H](OC(=O)[C@H](C)N(C)C(=O)CCSCCC(=O)ON1C(=O)CCC1=O)[C@]1(C)O[C@H]1[C@H](C)[C@@H]1C[C@@](O)(NC(=O)O1)[C@H](OC)/C=C/C=C(\C)C2. The van der Waals surface area contributed by atoms with E-state index in [0.717, 1.165) is 11.1 Å². The Kier molecular flexibility index (Phi) is 15.8. The van der Waals surface area contributed by atoms with Gasteiger partial charge in [0.05, 0.1) is 31.7 Å². The molecule has 62 heavy (non-hydrogen) atoms. The van der Waals surface area contributed by atoms with E-state index in [2.05, 4.69) is 5.32 Å². The Morgan fingerprint density at radius 3 is 2.44 bits per heavy atom. The number of amides is 5. The van der Waals surface area contributed by atoms with Crippen LogP contribution in [0.1, 0.15) is 71.8 Å². The molecule has 2 N–H and O–H groups in total. The van der Waals surface area contributed by atoms with Gasteiger partial charge in [-0.3, -0.25) is 24.5 Å². The largest absolute Gasteiger partial charge is 0.495 e. The zero-order valence-electron chi connectivity index (χ0n) is 36.1. The fraction of sp³-hybridized carbons (Fsp3) is 0.595. The van der Waals surface area contributed by atoms with Crippen molar-refractivity contribution in [2.45, 2.75) is 114 Å². The molecule has 5 rings (SSSR count). The summed E-state index contributed by atoms with van der Waals surface area (Å²) in [6.45, 7) is 6.83. The van der Waals surface area contributed by atoms with Crippen molar-refractivity contribution in [3.8, 4) is 5.75 Å². The number of imide groups is 1. The molecule has 0 aliphatic carbocycles. The number of fused-ring (bicyclic) bond motifs is 5. The molecule has 3 fully saturated rings. The molecule has 3 saturated heterocycles. The van der Waals surface area contributed by atoms with Crippen molar-refractivity contribution in [2.24, 2.45) is 5.92 Å². The maximum absolute atomic E-state index is 14.2. The lowest BCUT2D eigenvalue weighted by Crippen LogP contribution is -2.63. The number of alkyl carbamates (subject to hydrolysis) is 1. The summed E-state index contributed by atoms with van der Waals surface area (Å²) in [5.41, 5.74) is -1.14. The standard InChI is InChI=1S/C42H55ClN4O14S/c1-23-10-9-11-30(57-8)42(55)22-29(58-40(54)44-42)24(2)38-41(4,60-38)31(21-35(51)46(6)27-19-26(18-23)20-28(56-7)37(27)43)59-39(53)25(3)45(5)32(48)14-16-62-17-15-36(52)61-47-33(49)12-13-34(47)50/h9-11,19-20,24-25,29-31,38,55H,12-18,21-22H2,1-8H3,(H,44,54)/b11-9+,23-10+/t24-,25+,29+,30-,31+,38+,41+,42+/m1/s1. The minimum Gasteiger partial charge on any atom is -0.495 e. The van der Waals surface area contributed by atoms with Crippen molar-refractivity contribution in [3.63, 3.8) is 0 Å². The van der Waals surface area contributed by atoms with E-state index in [0.29, 0.717) is 22.9 Å². The van der Waals surface area contributed by atoms with Crippen molar-refractivity contribution in [1.29, 1.82) is 0 Å². The van der Waals surface area contributed by atoms with Gasteiger partial charge in [0.15, 0.2) is 5.72 Å². The molecule has 1 aromatic carbocycles. The van der Waals surface area contributed by atoms with E-state index in [1.54, 1.807) is 45.2 Å². The number of nitrogens with zero attached hydrogens (tertiary/aromatic N) is 3. The van der Waals surface area contributed by atoms with E-state index in [4.69, 9.17) is 40.1 Å². The molecule has 4 heterocycles. The highest BCUT2D eigenvalue weighted by Gasteiger charge is 2.64. The molecular weight excluding hydrogens is 852 g/mol. The highest BCUT2D eigenvalue weighted by Crippen LogP contribution is 2.49. The first kappa shape index (κ1) is 48.3. The number of allylic oxidation sites excluding steroid dienone is 3. The number of hydrogen-bond acceptors (Lipinski definition) is 15. The summed E-state index contributed by atoms with van der Waals surface area (Å²) in [5.74, 6) is -3.30. The molecule has 0 spiro atoms. The Morgan fingerprint density at radius 1 is 1.10 bits per heavy atom. The predicted octanol–water partition coefficient (Wildman–Crippen LogP) is 3.64. The van der Waals surface area contributed by atoms with Crippen LogP contribution in [0.3, 0.4) is 0 Å². The van der Waals surface area contributed by atoms with Gasteiger partial charge in [0.25, 0.3) is 11.8 Å². The quantitative estimate of drug-likeness (QED) is 0.132. The van der Waals surface area contributed by atoms with Crippen LogP contribution in [0.5, 0.6) is 5.75 Å². The molecule has 4 aliphatic heterocycles. The molecule has 340 valence electrons. The van der Waals surface area contributed by atoms with E-state index in [9.17, 15) is 38.7 Å². The maximum atomic E-state index is 14.2. The summed E-state index contributed by atoms with van der Waals surface area (Å²) in [7, 11) is 5.86. The maximum Gasteiger partial charge on any atom is 0.409 e. The molecule has 4 bridgehead atoms. The Bertz CT molecular complexity index is 1980. The molecule has 1 aromatic rings. The zero-order chi connectivity index (χ0) is 45.7. The van der Waals surface area contributed by atoms with Crippen LogP contribution in [0, 0.1) is 5.92 Å². The van der Waals surface area contributed by atoms with Crippen LogP contribution in [0.4, 0.5) is 10.5 Å². The first-order valence-corrected chi connectivity index (χ1v) is 21.7. The molecule has 0 unspecified atom stereocenters. The number of hydrogen-bond donors (Lipinski definition) is 2. The van der Waals surface area contributed by atoms with Gasteiger partial charge in [0.2, 0.25) is 11.8 Å².